The van der Waals surface area contributed by atoms with Crippen LogP contribution < -0.4 is 10.9 Å². The van der Waals surface area contributed by atoms with Crippen LogP contribution in [-0.2, 0) is 11.3 Å². The van der Waals surface area contributed by atoms with Crippen LogP contribution in [0.2, 0.25) is 0 Å². The van der Waals surface area contributed by atoms with Crippen LogP contribution in [0.25, 0.3) is 0 Å². The predicted octanol–water partition coefficient (Wildman–Crippen LogP) is 1.57. The van der Waals surface area contributed by atoms with Crippen molar-refractivity contribution in [3.63, 3.8) is 0 Å². The van der Waals surface area contributed by atoms with E-state index in [0.717, 1.165) is 11.6 Å². The van der Waals surface area contributed by atoms with E-state index in [2.05, 4.69) is 5.32 Å². The standard InChI is InChI=1S/C19H23N3O6/c1-2-11-21(19(26)28-13-14-6-8-15(23)9-7-14)12-10-20-18(25)16-4-3-5-17(24)22(16)27/h3-9,23,27H,2,10-13H2,1H3,(H,20,25). The average molecular weight is 389 g/mol. The number of nitrogens with one attached hydrogen (secondary N) is 1. The Hall–Kier alpha value is -3.49. The van der Waals surface area contributed by atoms with Crippen LogP contribution in [0.3, 0.4) is 0 Å². The lowest BCUT2D eigenvalue weighted by Crippen LogP contribution is -2.40. The molecule has 9 heteroatoms. The number of pyridine rings is 1. The Morgan fingerprint density at radius 2 is 1.86 bits per heavy atom. The van der Waals surface area contributed by atoms with Gasteiger partial charge in [0.1, 0.15) is 18.1 Å². The van der Waals surface area contributed by atoms with Gasteiger partial charge in [-0.05, 0) is 30.2 Å². The van der Waals surface area contributed by atoms with Gasteiger partial charge in [-0.3, -0.25) is 9.59 Å². The molecule has 2 amide bonds. The number of aromatic nitrogens is 1. The molecule has 0 unspecified atom stereocenters. The van der Waals surface area contributed by atoms with Crippen molar-refractivity contribution in [3.05, 3.63) is 64.1 Å². The van der Waals surface area contributed by atoms with Gasteiger partial charge in [-0.2, -0.15) is 0 Å². The summed E-state index contributed by atoms with van der Waals surface area (Å²) in [4.78, 5) is 37.2. The van der Waals surface area contributed by atoms with Crippen molar-refractivity contribution < 1.29 is 24.6 Å². The number of ether oxygens (including phenoxy) is 1. The van der Waals surface area contributed by atoms with E-state index in [0.29, 0.717) is 13.0 Å². The van der Waals surface area contributed by atoms with E-state index in [-0.39, 0.29) is 35.9 Å². The molecule has 0 radical (unpaired) electrons. The van der Waals surface area contributed by atoms with Gasteiger partial charge in [0.05, 0.1) is 0 Å². The van der Waals surface area contributed by atoms with Crippen molar-refractivity contribution in [3.8, 4) is 5.75 Å². The minimum absolute atomic E-state index is 0.0620. The Kier molecular flexibility index (Phi) is 7.44. The quantitative estimate of drug-likeness (QED) is 0.589. The molecule has 0 bridgehead atoms. The number of rotatable bonds is 8. The van der Waals surface area contributed by atoms with E-state index < -0.39 is 17.6 Å². The van der Waals surface area contributed by atoms with Gasteiger partial charge < -0.3 is 25.3 Å². The minimum atomic E-state index is -0.710. The van der Waals surface area contributed by atoms with Gasteiger partial charge in [0.2, 0.25) is 0 Å². The summed E-state index contributed by atoms with van der Waals surface area (Å²) in [6.07, 6.45) is 0.180. The van der Waals surface area contributed by atoms with Crippen LogP contribution in [0.15, 0.2) is 47.3 Å². The summed E-state index contributed by atoms with van der Waals surface area (Å²) in [7, 11) is 0. The van der Waals surface area contributed by atoms with Gasteiger partial charge in [0, 0.05) is 25.7 Å². The second-order valence-electron chi connectivity index (χ2n) is 6.03. The maximum atomic E-state index is 12.3. The number of amides is 2. The zero-order valence-electron chi connectivity index (χ0n) is 15.5. The van der Waals surface area contributed by atoms with Crippen molar-refractivity contribution in [1.29, 1.82) is 0 Å². The molecule has 9 nitrogen and oxygen atoms in total. The fourth-order valence-corrected chi connectivity index (χ4v) is 2.44. The lowest BCUT2D eigenvalue weighted by Gasteiger charge is -2.21. The van der Waals surface area contributed by atoms with Crippen LogP contribution in [0.1, 0.15) is 29.4 Å². The van der Waals surface area contributed by atoms with E-state index in [1.165, 1.54) is 29.2 Å². The number of hydrogen-bond donors (Lipinski definition) is 3. The van der Waals surface area contributed by atoms with Gasteiger partial charge in [-0.1, -0.05) is 25.1 Å². The van der Waals surface area contributed by atoms with Crippen LogP contribution in [0.5, 0.6) is 5.75 Å². The summed E-state index contributed by atoms with van der Waals surface area (Å²) in [5, 5.41) is 21.4. The summed E-state index contributed by atoms with van der Waals surface area (Å²) < 4.78 is 5.54. The normalized spacial score (nSPS) is 10.3. The monoisotopic (exact) mass is 389 g/mol. The summed E-state index contributed by atoms with van der Waals surface area (Å²) in [5.41, 5.74) is -0.164. The van der Waals surface area contributed by atoms with E-state index in [4.69, 9.17) is 4.74 Å². The minimum Gasteiger partial charge on any atom is -0.508 e. The summed E-state index contributed by atoms with van der Waals surface area (Å²) in [6.45, 7) is 2.74. The third-order valence-electron chi connectivity index (χ3n) is 3.88. The molecule has 1 aromatic carbocycles. The first-order valence-corrected chi connectivity index (χ1v) is 8.81. The van der Waals surface area contributed by atoms with Crippen molar-refractivity contribution >= 4 is 12.0 Å². The highest BCUT2D eigenvalue weighted by molar-refractivity contribution is 5.92. The molecule has 150 valence electrons. The Morgan fingerprint density at radius 1 is 1.14 bits per heavy atom. The average Bonchev–Trinajstić information content (AvgIpc) is 2.68. The summed E-state index contributed by atoms with van der Waals surface area (Å²) in [6, 6.07) is 10.1. The number of phenols is 1. The van der Waals surface area contributed by atoms with E-state index in [9.17, 15) is 24.7 Å². The van der Waals surface area contributed by atoms with Crippen molar-refractivity contribution in [2.24, 2.45) is 0 Å². The van der Waals surface area contributed by atoms with Crippen LogP contribution >= 0.6 is 0 Å². The fraction of sp³-hybridized carbons (Fsp3) is 0.316. The van der Waals surface area contributed by atoms with Crippen molar-refractivity contribution in [1.82, 2.24) is 14.9 Å². The Labute approximate surface area is 161 Å². The Balaban J connectivity index is 1.86. The second kappa shape index (κ2) is 10.0. The van der Waals surface area contributed by atoms with Crippen molar-refractivity contribution in [2.45, 2.75) is 20.0 Å². The first-order chi connectivity index (χ1) is 13.4. The van der Waals surface area contributed by atoms with Gasteiger partial charge >= 0.3 is 6.09 Å². The Bertz CT molecular complexity index is 863. The number of carbonyl (C=O) groups excluding carboxylic acids is 2. The van der Waals surface area contributed by atoms with Gasteiger partial charge in [-0.25, -0.2) is 4.79 Å². The van der Waals surface area contributed by atoms with Gasteiger partial charge in [0.15, 0.2) is 0 Å². The molecule has 0 fully saturated rings. The molecule has 0 atom stereocenters. The fourth-order valence-electron chi connectivity index (χ4n) is 2.44. The number of nitrogens with zero attached hydrogens (tertiary/aromatic N) is 2. The highest BCUT2D eigenvalue weighted by atomic mass is 16.6. The van der Waals surface area contributed by atoms with Crippen LogP contribution in [0, 0.1) is 0 Å². The lowest BCUT2D eigenvalue weighted by molar-refractivity contribution is 0.0855. The van der Waals surface area contributed by atoms with E-state index >= 15 is 0 Å². The molecule has 0 aliphatic heterocycles. The van der Waals surface area contributed by atoms with Crippen LogP contribution in [0.4, 0.5) is 4.79 Å². The molecule has 0 saturated heterocycles. The number of phenolic OH excluding ortho intramolecular Hbond substituents is 1. The number of carbonyl (C=O) groups is 2. The highest BCUT2D eigenvalue weighted by Crippen LogP contribution is 2.11. The molecule has 0 aliphatic carbocycles. The first kappa shape index (κ1) is 20.8. The highest BCUT2D eigenvalue weighted by Gasteiger charge is 2.16. The molecular formula is C19H23N3O6. The lowest BCUT2D eigenvalue weighted by atomic mass is 10.2. The zero-order chi connectivity index (χ0) is 20.5. The van der Waals surface area contributed by atoms with E-state index in [1.807, 2.05) is 6.92 Å². The molecule has 1 aromatic heterocycles. The maximum absolute atomic E-state index is 12.3. The predicted molar refractivity (Wildman–Crippen MR) is 100 cm³/mol. The number of hydrogen-bond acceptors (Lipinski definition) is 6. The molecular weight excluding hydrogens is 366 g/mol. The zero-order valence-corrected chi connectivity index (χ0v) is 15.5. The smallest absolute Gasteiger partial charge is 0.410 e. The SMILES string of the molecule is CCCN(CCNC(=O)c1cccc(=O)n1O)C(=O)OCc1ccc(O)cc1. The molecule has 1 heterocycles. The topological polar surface area (TPSA) is 121 Å². The summed E-state index contributed by atoms with van der Waals surface area (Å²) in [5.74, 6) is -0.501. The third kappa shape index (κ3) is 5.76. The molecule has 2 aromatic rings. The maximum Gasteiger partial charge on any atom is 0.410 e. The molecule has 0 saturated carbocycles. The molecule has 0 spiro atoms. The number of aromatic hydroxyl groups is 1. The number of benzene rings is 1. The van der Waals surface area contributed by atoms with Crippen molar-refractivity contribution in [2.75, 3.05) is 19.6 Å². The third-order valence-corrected chi connectivity index (χ3v) is 3.88. The van der Waals surface area contributed by atoms with Gasteiger partial charge in [-0.15, -0.1) is 4.73 Å². The molecule has 0 aliphatic rings. The second-order valence-corrected chi connectivity index (χ2v) is 6.03. The first-order valence-electron chi connectivity index (χ1n) is 8.81. The molecule has 3 N–H and O–H groups in total. The van der Waals surface area contributed by atoms with Crippen LogP contribution in [-0.4, -0.2) is 51.6 Å². The largest absolute Gasteiger partial charge is 0.508 e. The Morgan fingerprint density at radius 3 is 2.54 bits per heavy atom. The van der Waals surface area contributed by atoms with Gasteiger partial charge in [0.25, 0.3) is 11.5 Å². The molecule has 28 heavy (non-hydrogen) atoms. The summed E-state index contributed by atoms with van der Waals surface area (Å²) >= 11 is 0. The van der Waals surface area contributed by atoms with E-state index in [1.54, 1.807) is 12.1 Å². The molecule has 2 rings (SSSR count).